The van der Waals surface area contributed by atoms with Gasteiger partial charge in [0.15, 0.2) is 0 Å². The van der Waals surface area contributed by atoms with Crippen LogP contribution in [0.25, 0.3) is 0 Å². The lowest BCUT2D eigenvalue weighted by molar-refractivity contribution is -0.125. The monoisotopic (exact) mass is 434 g/mol. The number of fused-ring (bicyclic) bond motifs is 1. The summed E-state index contributed by atoms with van der Waals surface area (Å²) in [7, 11) is -3.86. The van der Waals surface area contributed by atoms with Crippen molar-refractivity contribution >= 4 is 15.9 Å². The number of nitrogens with one attached hydrogen (secondary N) is 1. The van der Waals surface area contributed by atoms with Crippen molar-refractivity contribution in [1.29, 1.82) is 0 Å². The Morgan fingerprint density at radius 3 is 2.39 bits per heavy atom. The predicted molar refractivity (Wildman–Crippen MR) is 121 cm³/mol. The highest BCUT2D eigenvalue weighted by atomic mass is 32.2. The van der Waals surface area contributed by atoms with E-state index in [9.17, 15) is 13.2 Å². The van der Waals surface area contributed by atoms with Crippen LogP contribution in [0.4, 0.5) is 0 Å². The topological polar surface area (TPSA) is 66.5 Å². The van der Waals surface area contributed by atoms with E-state index in [-0.39, 0.29) is 17.3 Å². The van der Waals surface area contributed by atoms with Gasteiger partial charge < -0.3 is 5.32 Å². The summed E-state index contributed by atoms with van der Waals surface area (Å²) in [5.41, 5.74) is 4.45. The molecule has 1 amide bonds. The number of rotatable bonds is 5. The van der Waals surface area contributed by atoms with Crippen molar-refractivity contribution in [3.63, 3.8) is 0 Å². The number of benzene rings is 3. The SMILES string of the molecule is Cc1ccc(C)c(S(=O)(=O)N2Cc3ccccc3C[C@H]2C(=O)NCc2ccccc2)c1. The molecule has 0 fully saturated rings. The van der Waals surface area contributed by atoms with Gasteiger partial charge in [0.1, 0.15) is 6.04 Å². The Morgan fingerprint density at radius 2 is 1.65 bits per heavy atom. The number of carbonyl (C=O) groups excluding carboxylic acids is 1. The lowest BCUT2D eigenvalue weighted by atomic mass is 9.95. The smallest absolute Gasteiger partial charge is 0.244 e. The minimum Gasteiger partial charge on any atom is -0.351 e. The van der Waals surface area contributed by atoms with Crippen LogP contribution in [0.2, 0.25) is 0 Å². The first-order valence-electron chi connectivity index (χ1n) is 10.3. The molecule has 0 aromatic heterocycles. The fourth-order valence-electron chi connectivity index (χ4n) is 3.99. The Balaban J connectivity index is 1.69. The molecule has 1 N–H and O–H groups in total. The Kier molecular flexibility index (Phi) is 5.94. The molecule has 1 aliphatic rings. The normalized spacial score (nSPS) is 16.5. The minimum absolute atomic E-state index is 0.176. The molecule has 0 saturated carbocycles. The Labute approximate surface area is 183 Å². The van der Waals surface area contributed by atoms with Crippen LogP contribution in [-0.4, -0.2) is 24.7 Å². The number of aryl methyl sites for hydroxylation is 2. The lowest BCUT2D eigenvalue weighted by Crippen LogP contribution is -2.52. The summed E-state index contributed by atoms with van der Waals surface area (Å²) in [6.45, 7) is 4.19. The van der Waals surface area contributed by atoms with Crippen molar-refractivity contribution < 1.29 is 13.2 Å². The van der Waals surface area contributed by atoms with Gasteiger partial charge in [-0.05, 0) is 54.2 Å². The highest BCUT2D eigenvalue weighted by Gasteiger charge is 2.40. The van der Waals surface area contributed by atoms with E-state index in [0.29, 0.717) is 18.5 Å². The van der Waals surface area contributed by atoms with Gasteiger partial charge >= 0.3 is 0 Å². The van der Waals surface area contributed by atoms with Gasteiger partial charge in [-0.25, -0.2) is 8.42 Å². The summed E-state index contributed by atoms with van der Waals surface area (Å²) in [4.78, 5) is 13.5. The first-order valence-corrected chi connectivity index (χ1v) is 11.8. The highest BCUT2D eigenvalue weighted by Crippen LogP contribution is 2.31. The maximum Gasteiger partial charge on any atom is 0.244 e. The molecule has 0 saturated heterocycles. The molecule has 3 aromatic rings. The highest BCUT2D eigenvalue weighted by molar-refractivity contribution is 7.89. The van der Waals surface area contributed by atoms with Crippen LogP contribution in [0.15, 0.2) is 77.7 Å². The molecule has 4 rings (SSSR count). The average Bonchev–Trinajstić information content (AvgIpc) is 2.78. The Bertz CT molecular complexity index is 1210. The fourth-order valence-corrected chi connectivity index (χ4v) is 5.87. The molecular formula is C25H26N2O3S. The van der Waals surface area contributed by atoms with Gasteiger partial charge in [0.25, 0.3) is 0 Å². The second-order valence-corrected chi connectivity index (χ2v) is 9.87. The summed E-state index contributed by atoms with van der Waals surface area (Å²) in [6, 6.07) is 21.9. The molecule has 0 spiro atoms. The molecule has 0 unspecified atom stereocenters. The second kappa shape index (κ2) is 8.65. The van der Waals surface area contributed by atoms with Crippen LogP contribution in [0.1, 0.15) is 27.8 Å². The quantitative estimate of drug-likeness (QED) is 0.665. The van der Waals surface area contributed by atoms with Crippen molar-refractivity contribution in [3.8, 4) is 0 Å². The average molecular weight is 435 g/mol. The van der Waals surface area contributed by atoms with E-state index in [1.165, 1.54) is 4.31 Å². The van der Waals surface area contributed by atoms with Gasteiger partial charge in [0.2, 0.25) is 15.9 Å². The molecule has 1 aliphatic heterocycles. The predicted octanol–water partition coefficient (Wildman–Crippen LogP) is 3.74. The Morgan fingerprint density at radius 1 is 0.968 bits per heavy atom. The van der Waals surface area contributed by atoms with Gasteiger partial charge in [0, 0.05) is 13.1 Å². The molecule has 1 atom stereocenters. The third-order valence-electron chi connectivity index (χ3n) is 5.75. The summed E-state index contributed by atoms with van der Waals surface area (Å²) < 4.78 is 28.8. The molecule has 0 radical (unpaired) electrons. The molecule has 0 aliphatic carbocycles. The summed E-state index contributed by atoms with van der Waals surface area (Å²) in [5.74, 6) is -0.285. The van der Waals surface area contributed by atoms with Crippen LogP contribution in [0, 0.1) is 13.8 Å². The van der Waals surface area contributed by atoms with Crippen LogP contribution in [0.5, 0.6) is 0 Å². The van der Waals surface area contributed by atoms with E-state index < -0.39 is 16.1 Å². The first kappa shape index (κ1) is 21.3. The molecule has 0 bridgehead atoms. The van der Waals surface area contributed by atoms with Crippen LogP contribution >= 0.6 is 0 Å². The van der Waals surface area contributed by atoms with E-state index in [0.717, 1.165) is 22.3 Å². The fraction of sp³-hybridized carbons (Fsp3) is 0.240. The van der Waals surface area contributed by atoms with E-state index in [4.69, 9.17) is 0 Å². The van der Waals surface area contributed by atoms with Crippen molar-refractivity contribution in [3.05, 3.63) is 101 Å². The third-order valence-corrected chi connectivity index (χ3v) is 7.74. The number of amides is 1. The number of hydrogen-bond acceptors (Lipinski definition) is 3. The Hall–Kier alpha value is -2.96. The van der Waals surface area contributed by atoms with Gasteiger partial charge in [0.05, 0.1) is 4.90 Å². The van der Waals surface area contributed by atoms with Gasteiger partial charge in [-0.2, -0.15) is 4.31 Å². The largest absolute Gasteiger partial charge is 0.351 e. The van der Waals surface area contributed by atoms with Gasteiger partial charge in [-0.15, -0.1) is 0 Å². The molecule has 1 heterocycles. The zero-order valence-electron chi connectivity index (χ0n) is 17.7. The third kappa shape index (κ3) is 4.40. The second-order valence-electron chi connectivity index (χ2n) is 8.01. The van der Waals surface area contributed by atoms with Crippen molar-refractivity contribution in [1.82, 2.24) is 9.62 Å². The number of carbonyl (C=O) groups is 1. The van der Waals surface area contributed by atoms with Crippen molar-refractivity contribution in [2.45, 2.75) is 44.3 Å². The minimum atomic E-state index is -3.86. The number of nitrogens with zero attached hydrogens (tertiary/aromatic N) is 1. The zero-order valence-corrected chi connectivity index (χ0v) is 18.5. The van der Waals surface area contributed by atoms with E-state index in [1.807, 2.05) is 73.7 Å². The van der Waals surface area contributed by atoms with Gasteiger partial charge in [-0.3, -0.25) is 4.79 Å². The van der Waals surface area contributed by atoms with Gasteiger partial charge in [-0.1, -0.05) is 66.7 Å². The van der Waals surface area contributed by atoms with E-state index in [2.05, 4.69) is 5.32 Å². The maximum atomic E-state index is 13.7. The standard InChI is InChI=1S/C25H26N2O3S/c1-18-12-13-19(2)24(14-18)31(29,30)27-17-22-11-7-6-10-21(22)15-23(27)25(28)26-16-20-8-4-3-5-9-20/h3-14,23H,15-17H2,1-2H3,(H,26,28)/t23-/m0/s1. The molecule has 160 valence electrons. The number of hydrogen-bond donors (Lipinski definition) is 1. The zero-order chi connectivity index (χ0) is 22.0. The van der Waals surface area contributed by atoms with E-state index in [1.54, 1.807) is 13.0 Å². The first-order chi connectivity index (χ1) is 14.9. The lowest BCUT2D eigenvalue weighted by Gasteiger charge is -2.35. The molecule has 6 heteroatoms. The summed E-state index contributed by atoms with van der Waals surface area (Å²) >= 11 is 0. The molecule has 31 heavy (non-hydrogen) atoms. The summed E-state index contributed by atoms with van der Waals surface area (Å²) in [5, 5.41) is 2.93. The number of sulfonamides is 1. The molecular weight excluding hydrogens is 408 g/mol. The van der Waals surface area contributed by atoms with Crippen LogP contribution < -0.4 is 5.32 Å². The van der Waals surface area contributed by atoms with E-state index >= 15 is 0 Å². The summed E-state index contributed by atoms with van der Waals surface area (Å²) in [6.07, 6.45) is 0.348. The maximum absolute atomic E-state index is 13.7. The molecule has 3 aromatic carbocycles. The van der Waals surface area contributed by atoms with Crippen LogP contribution in [-0.2, 0) is 34.3 Å². The van der Waals surface area contributed by atoms with Crippen molar-refractivity contribution in [2.75, 3.05) is 0 Å². The van der Waals surface area contributed by atoms with Crippen molar-refractivity contribution in [2.24, 2.45) is 0 Å². The van der Waals surface area contributed by atoms with Crippen LogP contribution in [0.3, 0.4) is 0 Å². The molecule has 5 nitrogen and oxygen atoms in total.